The zero-order valence-electron chi connectivity index (χ0n) is 14.9. The fourth-order valence-corrected chi connectivity index (χ4v) is 3.66. The molecule has 0 aliphatic heterocycles. The Morgan fingerprint density at radius 1 is 0.963 bits per heavy atom. The minimum absolute atomic E-state index is 0.630. The quantitative estimate of drug-likeness (QED) is 0.428. The second-order valence-corrected chi connectivity index (χ2v) is 7.37. The summed E-state index contributed by atoms with van der Waals surface area (Å²) < 4.78 is 2.24. The van der Waals surface area contributed by atoms with Gasteiger partial charge in [-0.2, -0.15) is 0 Å². The first kappa shape index (κ1) is 17.9. The maximum Gasteiger partial charge on any atom is 0.107 e. The van der Waals surface area contributed by atoms with E-state index in [2.05, 4.69) is 52.3 Å². The van der Waals surface area contributed by atoms with Crippen LogP contribution in [0.15, 0.2) is 66.7 Å². The van der Waals surface area contributed by atoms with Gasteiger partial charge >= 0.3 is 0 Å². The summed E-state index contributed by atoms with van der Waals surface area (Å²) in [5.74, 6) is 1.01. The molecular formula is C22H19Cl2N3. The van der Waals surface area contributed by atoms with E-state index < -0.39 is 0 Å². The van der Waals surface area contributed by atoms with Crippen molar-refractivity contribution >= 4 is 39.9 Å². The monoisotopic (exact) mass is 395 g/mol. The maximum absolute atomic E-state index is 6.25. The highest BCUT2D eigenvalue weighted by molar-refractivity contribution is 6.35. The molecule has 0 spiro atoms. The smallest absolute Gasteiger partial charge is 0.107 e. The SMILES string of the molecule is Cc1nc2cc(NCc3ccc(Cl)cc3Cl)ccc2n1Cc1ccccc1. The van der Waals surface area contributed by atoms with Crippen LogP contribution in [0.3, 0.4) is 0 Å². The molecule has 1 N–H and O–H groups in total. The van der Waals surface area contributed by atoms with Crippen LogP contribution in [0.2, 0.25) is 10.0 Å². The summed E-state index contributed by atoms with van der Waals surface area (Å²) in [5.41, 5.74) is 5.39. The molecule has 4 aromatic rings. The van der Waals surface area contributed by atoms with E-state index in [1.165, 1.54) is 5.56 Å². The van der Waals surface area contributed by atoms with Crippen LogP contribution < -0.4 is 5.32 Å². The van der Waals surface area contributed by atoms with Crippen molar-refractivity contribution in [3.63, 3.8) is 0 Å². The molecule has 0 saturated heterocycles. The third kappa shape index (κ3) is 3.95. The number of hydrogen-bond acceptors (Lipinski definition) is 2. The van der Waals surface area contributed by atoms with E-state index >= 15 is 0 Å². The van der Waals surface area contributed by atoms with E-state index in [1.807, 2.05) is 25.1 Å². The first-order chi connectivity index (χ1) is 13.1. The van der Waals surface area contributed by atoms with Gasteiger partial charge in [-0.1, -0.05) is 59.6 Å². The predicted molar refractivity (Wildman–Crippen MR) is 114 cm³/mol. The Morgan fingerprint density at radius 3 is 2.56 bits per heavy atom. The molecule has 3 nitrogen and oxygen atoms in total. The molecule has 136 valence electrons. The van der Waals surface area contributed by atoms with Crippen LogP contribution in [-0.2, 0) is 13.1 Å². The average molecular weight is 396 g/mol. The molecular weight excluding hydrogens is 377 g/mol. The van der Waals surface area contributed by atoms with Gasteiger partial charge in [-0.15, -0.1) is 0 Å². The van der Waals surface area contributed by atoms with Crippen molar-refractivity contribution < 1.29 is 0 Å². The molecule has 0 atom stereocenters. The van der Waals surface area contributed by atoms with Crippen LogP contribution in [0.5, 0.6) is 0 Å². The summed E-state index contributed by atoms with van der Waals surface area (Å²) >= 11 is 12.2. The molecule has 5 heteroatoms. The van der Waals surface area contributed by atoms with Crippen molar-refractivity contribution in [2.24, 2.45) is 0 Å². The second-order valence-electron chi connectivity index (χ2n) is 6.52. The van der Waals surface area contributed by atoms with Crippen molar-refractivity contribution in [1.82, 2.24) is 9.55 Å². The Bertz CT molecular complexity index is 1090. The number of hydrogen-bond donors (Lipinski definition) is 1. The van der Waals surface area contributed by atoms with Gasteiger partial charge in [-0.05, 0) is 48.4 Å². The molecule has 0 aliphatic carbocycles. The molecule has 1 aromatic heterocycles. The molecule has 27 heavy (non-hydrogen) atoms. The molecule has 0 aliphatic rings. The molecule has 1 heterocycles. The Balaban J connectivity index is 1.56. The van der Waals surface area contributed by atoms with Gasteiger partial charge in [0, 0.05) is 28.8 Å². The van der Waals surface area contributed by atoms with Gasteiger partial charge < -0.3 is 9.88 Å². The van der Waals surface area contributed by atoms with E-state index in [-0.39, 0.29) is 0 Å². The lowest BCUT2D eigenvalue weighted by Crippen LogP contribution is -2.02. The van der Waals surface area contributed by atoms with E-state index in [1.54, 1.807) is 6.07 Å². The molecule has 0 unspecified atom stereocenters. The lowest BCUT2D eigenvalue weighted by Gasteiger charge is -2.10. The second kappa shape index (κ2) is 7.63. The standard InChI is InChI=1S/C22H19Cl2N3/c1-15-26-21-12-19(25-13-17-7-8-18(23)11-20(17)24)9-10-22(21)27(15)14-16-5-3-2-4-6-16/h2-12,25H,13-14H2,1H3. The van der Waals surface area contributed by atoms with E-state index in [0.717, 1.165) is 34.7 Å². The van der Waals surface area contributed by atoms with Crippen LogP contribution in [0.4, 0.5) is 5.69 Å². The number of fused-ring (bicyclic) bond motifs is 1. The van der Waals surface area contributed by atoms with Crippen LogP contribution in [0, 0.1) is 6.92 Å². The average Bonchev–Trinajstić information content (AvgIpc) is 2.96. The Kier molecular flexibility index (Phi) is 5.06. The zero-order valence-corrected chi connectivity index (χ0v) is 16.4. The summed E-state index contributed by atoms with van der Waals surface area (Å²) in [4.78, 5) is 4.73. The number of halogens is 2. The maximum atomic E-state index is 6.25. The van der Waals surface area contributed by atoms with Crippen molar-refractivity contribution in [2.75, 3.05) is 5.32 Å². The number of anilines is 1. The summed E-state index contributed by atoms with van der Waals surface area (Å²) in [7, 11) is 0. The molecule has 3 aromatic carbocycles. The van der Waals surface area contributed by atoms with Crippen molar-refractivity contribution in [3.05, 3.63) is 93.7 Å². The third-order valence-electron chi connectivity index (χ3n) is 4.62. The fourth-order valence-electron chi connectivity index (χ4n) is 3.19. The summed E-state index contributed by atoms with van der Waals surface area (Å²) in [5, 5.41) is 4.72. The molecule has 0 amide bonds. The summed E-state index contributed by atoms with van der Waals surface area (Å²) in [6.07, 6.45) is 0. The van der Waals surface area contributed by atoms with Gasteiger partial charge in [0.05, 0.1) is 11.0 Å². The number of aromatic nitrogens is 2. The Morgan fingerprint density at radius 2 is 1.78 bits per heavy atom. The van der Waals surface area contributed by atoms with E-state index in [9.17, 15) is 0 Å². The lowest BCUT2D eigenvalue weighted by molar-refractivity contribution is 0.786. The minimum atomic E-state index is 0.630. The van der Waals surface area contributed by atoms with Gasteiger partial charge in [0.1, 0.15) is 5.82 Å². The highest BCUT2D eigenvalue weighted by Crippen LogP contribution is 2.24. The van der Waals surface area contributed by atoms with Gasteiger partial charge in [0.2, 0.25) is 0 Å². The highest BCUT2D eigenvalue weighted by atomic mass is 35.5. The van der Waals surface area contributed by atoms with Crippen molar-refractivity contribution in [3.8, 4) is 0 Å². The lowest BCUT2D eigenvalue weighted by atomic mass is 10.2. The minimum Gasteiger partial charge on any atom is -0.381 e. The van der Waals surface area contributed by atoms with Gasteiger partial charge in [-0.25, -0.2) is 4.98 Å². The Hall–Kier alpha value is -2.49. The van der Waals surface area contributed by atoms with Crippen LogP contribution in [-0.4, -0.2) is 9.55 Å². The first-order valence-electron chi connectivity index (χ1n) is 8.79. The number of imidazole rings is 1. The molecule has 0 saturated carbocycles. The Labute approximate surface area is 168 Å². The highest BCUT2D eigenvalue weighted by Gasteiger charge is 2.09. The largest absolute Gasteiger partial charge is 0.381 e. The van der Waals surface area contributed by atoms with E-state index in [0.29, 0.717) is 16.6 Å². The summed E-state index contributed by atoms with van der Waals surface area (Å²) in [6.45, 7) is 3.49. The molecule has 4 rings (SSSR count). The first-order valence-corrected chi connectivity index (χ1v) is 9.54. The number of aryl methyl sites for hydroxylation is 1. The zero-order chi connectivity index (χ0) is 18.8. The van der Waals surface area contributed by atoms with Crippen LogP contribution in [0.1, 0.15) is 17.0 Å². The van der Waals surface area contributed by atoms with Gasteiger partial charge in [-0.3, -0.25) is 0 Å². The van der Waals surface area contributed by atoms with Crippen molar-refractivity contribution in [1.29, 1.82) is 0 Å². The van der Waals surface area contributed by atoms with Crippen LogP contribution in [0.25, 0.3) is 11.0 Å². The fraction of sp³-hybridized carbons (Fsp3) is 0.136. The van der Waals surface area contributed by atoms with Crippen molar-refractivity contribution in [2.45, 2.75) is 20.0 Å². The number of nitrogens with one attached hydrogen (secondary N) is 1. The normalized spacial score (nSPS) is 11.1. The summed E-state index contributed by atoms with van der Waals surface area (Å²) in [6, 6.07) is 22.3. The van der Waals surface area contributed by atoms with Crippen LogP contribution >= 0.6 is 23.2 Å². The molecule has 0 fully saturated rings. The number of nitrogens with zero attached hydrogens (tertiary/aromatic N) is 2. The third-order valence-corrected chi connectivity index (χ3v) is 5.21. The number of benzene rings is 3. The molecule has 0 bridgehead atoms. The number of rotatable bonds is 5. The topological polar surface area (TPSA) is 29.9 Å². The van der Waals surface area contributed by atoms with Gasteiger partial charge in [0.25, 0.3) is 0 Å². The van der Waals surface area contributed by atoms with Gasteiger partial charge in [0.15, 0.2) is 0 Å². The predicted octanol–water partition coefficient (Wildman–Crippen LogP) is 6.31. The van der Waals surface area contributed by atoms with E-state index in [4.69, 9.17) is 28.2 Å². The molecule has 0 radical (unpaired) electrons.